The van der Waals surface area contributed by atoms with Crippen LogP contribution in [0.2, 0.25) is 0 Å². The fourth-order valence-electron chi connectivity index (χ4n) is 3.09. The predicted octanol–water partition coefficient (Wildman–Crippen LogP) is 5.30. The molecule has 2 aromatic carbocycles. The highest BCUT2D eigenvalue weighted by atomic mass is 32.1. The van der Waals surface area contributed by atoms with Gasteiger partial charge in [-0.1, -0.05) is 42.5 Å². The van der Waals surface area contributed by atoms with Crippen molar-refractivity contribution in [3.8, 4) is 0 Å². The van der Waals surface area contributed by atoms with E-state index in [0.717, 1.165) is 23.3 Å². The van der Waals surface area contributed by atoms with E-state index in [1.807, 2.05) is 0 Å². The Labute approximate surface area is 150 Å². The third-order valence-electron chi connectivity index (χ3n) is 5.10. The molecule has 0 aliphatic heterocycles. The van der Waals surface area contributed by atoms with E-state index < -0.39 is 0 Å². The fourth-order valence-corrected chi connectivity index (χ4v) is 3.43. The number of hydrogen-bond acceptors (Lipinski definition) is 1. The molecule has 0 heterocycles. The number of nitrogens with one attached hydrogen (secondary N) is 1. The molecule has 1 N–H and O–H groups in total. The fraction of sp³-hybridized carbons (Fsp3) is 0.381. The van der Waals surface area contributed by atoms with Crippen LogP contribution < -0.4 is 5.32 Å². The number of benzene rings is 2. The molecule has 0 bridgehead atoms. The van der Waals surface area contributed by atoms with Gasteiger partial charge in [0.25, 0.3) is 0 Å². The van der Waals surface area contributed by atoms with Crippen LogP contribution in [0, 0.1) is 19.8 Å². The van der Waals surface area contributed by atoms with Crippen molar-refractivity contribution in [2.24, 2.45) is 5.92 Å². The van der Waals surface area contributed by atoms with E-state index in [4.69, 9.17) is 12.2 Å². The molecule has 0 unspecified atom stereocenters. The first-order chi connectivity index (χ1) is 11.6. The zero-order valence-electron chi connectivity index (χ0n) is 14.8. The summed E-state index contributed by atoms with van der Waals surface area (Å²) in [4.78, 5) is 2.35. The second-order valence-corrected chi connectivity index (χ2v) is 7.26. The van der Waals surface area contributed by atoms with Gasteiger partial charge in [0.2, 0.25) is 0 Å². The summed E-state index contributed by atoms with van der Waals surface area (Å²) in [5.41, 5.74) is 4.96. The van der Waals surface area contributed by atoms with Crippen LogP contribution in [0.5, 0.6) is 0 Å². The van der Waals surface area contributed by atoms with E-state index in [-0.39, 0.29) is 0 Å². The molecule has 0 radical (unpaired) electrons. The Morgan fingerprint density at radius 2 is 1.83 bits per heavy atom. The summed E-state index contributed by atoms with van der Waals surface area (Å²) in [7, 11) is 0. The molecule has 0 saturated heterocycles. The van der Waals surface area contributed by atoms with E-state index in [2.05, 4.69) is 79.5 Å². The largest absolute Gasteiger partial charge is 0.342 e. The first kappa shape index (κ1) is 17.0. The maximum Gasteiger partial charge on any atom is 0.173 e. The Morgan fingerprint density at radius 3 is 2.50 bits per heavy atom. The number of hydrogen-bond donors (Lipinski definition) is 1. The van der Waals surface area contributed by atoms with Gasteiger partial charge in [0.15, 0.2) is 5.11 Å². The summed E-state index contributed by atoms with van der Waals surface area (Å²) in [6.07, 6.45) is 2.64. The van der Waals surface area contributed by atoms with Crippen molar-refractivity contribution in [3.63, 3.8) is 0 Å². The molecule has 2 nitrogen and oxygen atoms in total. The van der Waals surface area contributed by atoms with Gasteiger partial charge in [-0.2, -0.15) is 0 Å². The highest BCUT2D eigenvalue weighted by molar-refractivity contribution is 7.80. The van der Waals surface area contributed by atoms with Gasteiger partial charge in [-0.25, -0.2) is 0 Å². The van der Waals surface area contributed by atoms with Crippen LogP contribution >= 0.6 is 12.2 Å². The topological polar surface area (TPSA) is 15.3 Å². The summed E-state index contributed by atoms with van der Waals surface area (Å²) in [6.45, 7) is 7.44. The number of thiocarbonyl (C=S) groups is 1. The van der Waals surface area contributed by atoms with Crippen molar-refractivity contribution in [2.45, 2.75) is 46.2 Å². The van der Waals surface area contributed by atoms with Crippen LogP contribution in [0.1, 0.15) is 36.5 Å². The van der Waals surface area contributed by atoms with E-state index in [9.17, 15) is 0 Å². The van der Waals surface area contributed by atoms with Gasteiger partial charge in [0.05, 0.1) is 0 Å². The van der Waals surface area contributed by atoms with Gasteiger partial charge in [-0.05, 0) is 74.5 Å². The van der Waals surface area contributed by atoms with Crippen molar-refractivity contribution < 1.29 is 0 Å². The molecule has 1 fully saturated rings. The Bertz CT molecular complexity index is 707. The molecule has 2 aromatic rings. The van der Waals surface area contributed by atoms with Gasteiger partial charge in [0.1, 0.15) is 0 Å². The molecule has 1 aliphatic rings. The van der Waals surface area contributed by atoms with Crippen LogP contribution in [0.3, 0.4) is 0 Å². The molecule has 1 atom stereocenters. The normalized spacial score (nSPS) is 15.0. The first-order valence-corrected chi connectivity index (χ1v) is 9.15. The summed E-state index contributed by atoms with van der Waals surface area (Å²) in [5, 5.41) is 4.32. The van der Waals surface area contributed by atoms with Crippen LogP contribution in [-0.4, -0.2) is 16.1 Å². The molecule has 0 aromatic heterocycles. The Morgan fingerprint density at radius 1 is 1.12 bits per heavy atom. The Balaban J connectivity index is 1.79. The molecule has 0 amide bonds. The molecule has 3 rings (SSSR count). The van der Waals surface area contributed by atoms with Gasteiger partial charge < -0.3 is 10.2 Å². The minimum Gasteiger partial charge on any atom is -0.342 e. The summed E-state index contributed by atoms with van der Waals surface area (Å²) >= 11 is 5.80. The molecule has 0 spiro atoms. The van der Waals surface area contributed by atoms with Crippen LogP contribution in [0.15, 0.2) is 48.5 Å². The zero-order chi connectivity index (χ0) is 17.1. The third kappa shape index (κ3) is 3.96. The molecular formula is C21H26N2S. The minimum absolute atomic E-state index is 0.468. The Hall–Kier alpha value is -1.87. The van der Waals surface area contributed by atoms with E-state index in [0.29, 0.717) is 6.04 Å². The lowest BCUT2D eigenvalue weighted by Gasteiger charge is -2.32. The van der Waals surface area contributed by atoms with Crippen molar-refractivity contribution in [1.82, 2.24) is 4.90 Å². The van der Waals surface area contributed by atoms with Crippen LogP contribution in [0.25, 0.3) is 0 Å². The summed E-state index contributed by atoms with van der Waals surface area (Å²) < 4.78 is 0. The van der Waals surface area contributed by atoms with Gasteiger partial charge in [-0.15, -0.1) is 0 Å². The second kappa shape index (κ2) is 7.35. The summed E-state index contributed by atoms with van der Waals surface area (Å²) in [6, 6.07) is 17.4. The molecule has 24 heavy (non-hydrogen) atoms. The molecule has 1 aliphatic carbocycles. The third-order valence-corrected chi connectivity index (χ3v) is 5.44. The zero-order valence-corrected chi connectivity index (χ0v) is 15.6. The maximum absolute atomic E-state index is 5.80. The molecule has 1 saturated carbocycles. The van der Waals surface area contributed by atoms with Crippen molar-refractivity contribution in [2.75, 3.05) is 5.32 Å². The number of rotatable bonds is 5. The highest BCUT2D eigenvalue weighted by Gasteiger charge is 2.33. The molecular weight excluding hydrogens is 312 g/mol. The van der Waals surface area contributed by atoms with Crippen molar-refractivity contribution in [1.29, 1.82) is 0 Å². The van der Waals surface area contributed by atoms with Crippen molar-refractivity contribution in [3.05, 3.63) is 65.2 Å². The van der Waals surface area contributed by atoms with Crippen LogP contribution in [0.4, 0.5) is 5.69 Å². The minimum atomic E-state index is 0.468. The number of nitrogens with zero attached hydrogens (tertiary/aromatic N) is 1. The SMILES string of the molecule is Cc1cccc(NC(=S)N(Cc2ccccc2)[C@@H](C)C2CC2)c1C. The smallest absolute Gasteiger partial charge is 0.173 e. The predicted molar refractivity (Wildman–Crippen MR) is 106 cm³/mol. The van der Waals surface area contributed by atoms with E-state index >= 15 is 0 Å². The average Bonchev–Trinajstić information content (AvgIpc) is 3.42. The highest BCUT2D eigenvalue weighted by Crippen LogP contribution is 2.36. The lowest BCUT2D eigenvalue weighted by atomic mass is 10.1. The van der Waals surface area contributed by atoms with E-state index in [1.165, 1.54) is 29.5 Å². The van der Waals surface area contributed by atoms with E-state index in [1.54, 1.807) is 0 Å². The lowest BCUT2D eigenvalue weighted by molar-refractivity contribution is 0.298. The quantitative estimate of drug-likeness (QED) is 0.745. The van der Waals surface area contributed by atoms with Gasteiger partial charge >= 0.3 is 0 Å². The number of anilines is 1. The average molecular weight is 339 g/mol. The molecule has 3 heteroatoms. The maximum atomic E-state index is 5.80. The first-order valence-electron chi connectivity index (χ1n) is 8.74. The standard InChI is InChI=1S/C21H26N2S/c1-15-8-7-11-20(16(15)2)22-21(24)23(17(3)19-12-13-19)14-18-9-5-4-6-10-18/h4-11,17,19H,12-14H2,1-3H3,(H,22,24)/t17-/m0/s1. The monoisotopic (exact) mass is 338 g/mol. The van der Waals surface area contributed by atoms with Gasteiger partial charge in [-0.3, -0.25) is 0 Å². The molecule has 126 valence electrons. The summed E-state index contributed by atoms with van der Waals surface area (Å²) in [5.74, 6) is 0.770. The number of aryl methyl sites for hydroxylation is 1. The van der Waals surface area contributed by atoms with Crippen LogP contribution in [-0.2, 0) is 6.54 Å². The second-order valence-electron chi connectivity index (χ2n) is 6.87. The van der Waals surface area contributed by atoms with Crippen molar-refractivity contribution >= 4 is 23.0 Å². The Kier molecular flexibility index (Phi) is 5.20. The van der Waals surface area contributed by atoms with Gasteiger partial charge in [0, 0.05) is 18.3 Å². The lowest BCUT2D eigenvalue weighted by Crippen LogP contribution is -2.42.